The van der Waals surface area contributed by atoms with E-state index in [-0.39, 0.29) is 24.0 Å². The monoisotopic (exact) mass is 512 g/mol. The lowest BCUT2D eigenvalue weighted by atomic mass is 9.90. The molecule has 0 saturated carbocycles. The van der Waals surface area contributed by atoms with Crippen molar-refractivity contribution in [2.24, 2.45) is 5.41 Å². The summed E-state index contributed by atoms with van der Waals surface area (Å²) in [6.45, 7) is 7.39. The van der Waals surface area contributed by atoms with Crippen molar-refractivity contribution in [1.82, 2.24) is 30.0 Å². The number of nitrogens with zero attached hydrogens (tertiary/aromatic N) is 5. The second-order valence-corrected chi connectivity index (χ2v) is 11.4. The molecule has 7 rings (SSSR count). The van der Waals surface area contributed by atoms with Crippen molar-refractivity contribution in [3.63, 3.8) is 0 Å². The molecule has 10 heteroatoms. The van der Waals surface area contributed by atoms with Crippen LogP contribution < -0.4 is 15.5 Å². The molecule has 0 unspecified atom stereocenters. The molecule has 38 heavy (non-hydrogen) atoms. The SMILES string of the molecule is CC1(C)Cc2cc3n(c2C1)CCN(c1nccc(-c2ccnc4[nH]nc(N[C@@H]5CCNC5)c24)c1CO)C3=O. The lowest BCUT2D eigenvalue weighted by Crippen LogP contribution is -2.41. The van der Waals surface area contributed by atoms with Gasteiger partial charge < -0.3 is 20.3 Å². The van der Waals surface area contributed by atoms with Crippen LogP contribution in [-0.2, 0) is 26.0 Å². The quantitative estimate of drug-likeness (QED) is 0.324. The Balaban J connectivity index is 1.29. The highest BCUT2D eigenvalue weighted by atomic mass is 16.3. The van der Waals surface area contributed by atoms with E-state index in [2.05, 4.69) is 55.3 Å². The van der Waals surface area contributed by atoms with Crippen LogP contribution in [0.25, 0.3) is 22.2 Å². The van der Waals surface area contributed by atoms with Gasteiger partial charge in [0.15, 0.2) is 11.5 Å². The number of aliphatic hydroxyl groups is 1. The van der Waals surface area contributed by atoms with Gasteiger partial charge >= 0.3 is 0 Å². The molecule has 4 aromatic rings. The molecule has 1 fully saturated rings. The number of aromatic amines is 1. The number of aliphatic hydroxyl groups excluding tert-OH is 1. The van der Waals surface area contributed by atoms with Gasteiger partial charge in [0, 0.05) is 49.3 Å². The number of H-pyrrole nitrogens is 1. The van der Waals surface area contributed by atoms with Gasteiger partial charge in [-0.2, -0.15) is 5.10 Å². The molecule has 196 valence electrons. The lowest BCUT2D eigenvalue weighted by Gasteiger charge is -2.31. The fourth-order valence-corrected chi connectivity index (χ4v) is 6.49. The van der Waals surface area contributed by atoms with Gasteiger partial charge in [-0.15, -0.1) is 0 Å². The number of hydrogen-bond acceptors (Lipinski definition) is 7. The van der Waals surface area contributed by atoms with E-state index >= 15 is 0 Å². The van der Waals surface area contributed by atoms with Gasteiger partial charge in [0.2, 0.25) is 0 Å². The Kier molecular flexibility index (Phi) is 5.31. The zero-order valence-corrected chi connectivity index (χ0v) is 21.7. The summed E-state index contributed by atoms with van der Waals surface area (Å²) in [5.74, 6) is 1.18. The summed E-state index contributed by atoms with van der Waals surface area (Å²) in [5, 5.41) is 25.9. The van der Waals surface area contributed by atoms with E-state index in [4.69, 9.17) is 0 Å². The van der Waals surface area contributed by atoms with Crippen LogP contribution in [0.1, 0.15) is 47.6 Å². The maximum Gasteiger partial charge on any atom is 0.276 e. The van der Waals surface area contributed by atoms with Crippen molar-refractivity contribution >= 4 is 28.6 Å². The number of anilines is 2. The van der Waals surface area contributed by atoms with Crippen molar-refractivity contribution < 1.29 is 9.90 Å². The molecule has 0 spiro atoms. The molecule has 3 aliphatic rings. The Morgan fingerprint density at radius 2 is 2.00 bits per heavy atom. The maximum absolute atomic E-state index is 13.8. The van der Waals surface area contributed by atoms with Crippen molar-refractivity contribution in [2.75, 3.05) is 29.9 Å². The second kappa shape index (κ2) is 8.64. The average Bonchev–Trinajstić information content (AvgIpc) is 3.69. The molecule has 0 aromatic carbocycles. The Bertz CT molecular complexity index is 1560. The highest BCUT2D eigenvalue weighted by Gasteiger charge is 2.37. The summed E-state index contributed by atoms with van der Waals surface area (Å²) in [7, 11) is 0. The van der Waals surface area contributed by atoms with Gasteiger partial charge in [0.1, 0.15) is 11.5 Å². The maximum atomic E-state index is 13.8. The standard InChI is InChI=1S/C28H32N8O2/c1-28(2)12-16-11-21-27(38)36(10-9-35(21)22(16)13-28)26-20(15-37)18(4-8-31-26)19-5-7-30-24-23(19)25(34-33-24)32-17-3-6-29-14-17/h4-5,7-8,11,17,29,37H,3,6,9-10,12-15H2,1-2H3,(H2,30,32,33,34)/t17-/m1/s1. The second-order valence-electron chi connectivity index (χ2n) is 11.4. The molecule has 10 nitrogen and oxygen atoms in total. The fourth-order valence-electron chi connectivity index (χ4n) is 6.49. The minimum Gasteiger partial charge on any atom is -0.392 e. The normalized spacial score (nSPS) is 20.2. The van der Waals surface area contributed by atoms with Crippen molar-refractivity contribution in [1.29, 1.82) is 0 Å². The first kappa shape index (κ1) is 23.4. The van der Waals surface area contributed by atoms with Crippen LogP contribution in [-0.4, -0.2) is 61.4 Å². The Morgan fingerprint density at radius 1 is 1.16 bits per heavy atom. The van der Waals surface area contributed by atoms with Crippen LogP contribution in [0.15, 0.2) is 30.6 Å². The third kappa shape index (κ3) is 3.62. The largest absolute Gasteiger partial charge is 0.392 e. The highest BCUT2D eigenvalue weighted by Crippen LogP contribution is 2.41. The van der Waals surface area contributed by atoms with E-state index < -0.39 is 0 Å². The first-order valence-electron chi connectivity index (χ1n) is 13.4. The first-order valence-corrected chi connectivity index (χ1v) is 13.4. The lowest BCUT2D eigenvalue weighted by molar-refractivity contribution is 0.0962. The molecule has 4 N–H and O–H groups in total. The predicted octanol–water partition coefficient (Wildman–Crippen LogP) is 2.87. The molecular formula is C28H32N8O2. The third-order valence-electron chi connectivity index (χ3n) is 8.22. The topological polar surface area (TPSA) is 124 Å². The number of hydrogen-bond donors (Lipinski definition) is 4. The van der Waals surface area contributed by atoms with E-state index in [0.29, 0.717) is 35.8 Å². The molecule has 1 saturated heterocycles. The molecule has 0 bridgehead atoms. The Hall–Kier alpha value is -3.76. The predicted molar refractivity (Wildman–Crippen MR) is 145 cm³/mol. The number of nitrogens with one attached hydrogen (secondary N) is 3. The van der Waals surface area contributed by atoms with E-state index in [1.165, 1.54) is 11.3 Å². The molecular weight excluding hydrogens is 480 g/mol. The van der Waals surface area contributed by atoms with Crippen molar-refractivity contribution in [3.05, 3.63) is 53.1 Å². The van der Waals surface area contributed by atoms with Crippen LogP contribution in [0.5, 0.6) is 0 Å². The van der Waals surface area contributed by atoms with Gasteiger partial charge in [0.25, 0.3) is 5.91 Å². The number of aromatic nitrogens is 5. The summed E-state index contributed by atoms with van der Waals surface area (Å²) in [6, 6.07) is 6.18. The fraction of sp³-hybridized carbons (Fsp3) is 0.429. The summed E-state index contributed by atoms with van der Waals surface area (Å²) in [4.78, 5) is 24.6. The van der Waals surface area contributed by atoms with E-state index in [0.717, 1.165) is 54.7 Å². The highest BCUT2D eigenvalue weighted by molar-refractivity contribution is 6.07. The average molecular weight is 513 g/mol. The van der Waals surface area contributed by atoms with Crippen LogP contribution in [0.3, 0.4) is 0 Å². The summed E-state index contributed by atoms with van der Waals surface area (Å²) >= 11 is 0. The molecule has 1 amide bonds. The number of rotatable bonds is 5. The van der Waals surface area contributed by atoms with Crippen LogP contribution in [0, 0.1) is 5.41 Å². The van der Waals surface area contributed by atoms with Gasteiger partial charge in [0.05, 0.1) is 12.0 Å². The number of fused-ring (bicyclic) bond motifs is 4. The zero-order valence-electron chi connectivity index (χ0n) is 21.7. The Labute approximate surface area is 220 Å². The van der Waals surface area contributed by atoms with Crippen molar-refractivity contribution in [3.8, 4) is 11.1 Å². The minimum atomic E-state index is -0.245. The molecule has 4 aromatic heterocycles. The molecule has 0 radical (unpaired) electrons. The summed E-state index contributed by atoms with van der Waals surface area (Å²) in [6.07, 6.45) is 6.45. The third-order valence-corrected chi connectivity index (χ3v) is 8.22. The molecule has 2 aliphatic heterocycles. The van der Waals surface area contributed by atoms with Crippen LogP contribution in [0.2, 0.25) is 0 Å². The van der Waals surface area contributed by atoms with Crippen molar-refractivity contribution in [2.45, 2.75) is 52.3 Å². The number of carbonyl (C=O) groups excluding carboxylic acids is 1. The van der Waals surface area contributed by atoms with Gasteiger partial charge in [-0.05, 0) is 66.1 Å². The number of carbonyl (C=O) groups is 1. The smallest absolute Gasteiger partial charge is 0.276 e. The molecule has 1 aliphatic carbocycles. The number of amides is 1. The van der Waals surface area contributed by atoms with Crippen LogP contribution >= 0.6 is 0 Å². The van der Waals surface area contributed by atoms with Gasteiger partial charge in [-0.25, -0.2) is 9.97 Å². The molecule has 6 heterocycles. The van der Waals surface area contributed by atoms with Gasteiger partial charge in [-0.3, -0.25) is 14.8 Å². The first-order chi connectivity index (χ1) is 18.4. The zero-order chi connectivity index (χ0) is 26.0. The summed E-state index contributed by atoms with van der Waals surface area (Å²) < 4.78 is 2.19. The van der Waals surface area contributed by atoms with Gasteiger partial charge in [-0.1, -0.05) is 13.8 Å². The summed E-state index contributed by atoms with van der Waals surface area (Å²) in [5.41, 5.74) is 6.51. The van der Waals surface area contributed by atoms with Crippen LogP contribution in [0.4, 0.5) is 11.6 Å². The Morgan fingerprint density at radius 3 is 2.82 bits per heavy atom. The van der Waals surface area contributed by atoms with E-state index in [9.17, 15) is 9.90 Å². The van der Waals surface area contributed by atoms with E-state index in [1.807, 2.05) is 12.1 Å². The number of pyridine rings is 2. The van der Waals surface area contributed by atoms with E-state index in [1.54, 1.807) is 17.3 Å². The minimum absolute atomic E-state index is 0.0675. The molecule has 1 atom stereocenters.